The summed E-state index contributed by atoms with van der Waals surface area (Å²) in [4.78, 5) is 25.0. The third kappa shape index (κ3) is 3.53. The van der Waals surface area contributed by atoms with Gasteiger partial charge < -0.3 is 10.4 Å². The van der Waals surface area contributed by atoms with Crippen LogP contribution in [-0.4, -0.2) is 21.0 Å². The second-order valence-electron chi connectivity index (χ2n) is 4.47. The first-order valence-electron chi connectivity index (χ1n) is 6.15. The molecule has 0 saturated heterocycles. The summed E-state index contributed by atoms with van der Waals surface area (Å²) < 4.78 is 0. The van der Waals surface area contributed by atoms with E-state index in [1.165, 1.54) is 0 Å². The number of nitrogens with zero attached hydrogens (tertiary/aromatic N) is 2. The van der Waals surface area contributed by atoms with Crippen molar-refractivity contribution in [2.24, 2.45) is 0 Å². The number of pyridine rings is 1. The van der Waals surface area contributed by atoms with Crippen molar-refractivity contribution in [2.45, 2.75) is 13.5 Å². The van der Waals surface area contributed by atoms with Gasteiger partial charge in [0.2, 0.25) is 5.82 Å². The highest BCUT2D eigenvalue weighted by molar-refractivity contribution is 5.86. The Balaban J connectivity index is 2.24. The molecular weight excluding hydrogens is 274 g/mol. The zero-order valence-corrected chi connectivity index (χ0v) is 11.2. The van der Waals surface area contributed by atoms with E-state index in [0.717, 1.165) is 23.3 Å². The number of carbonyl (C=O) groups is 1. The van der Waals surface area contributed by atoms with E-state index in [1.54, 1.807) is 0 Å². The van der Waals surface area contributed by atoms with Crippen molar-refractivity contribution in [3.8, 4) is 0 Å². The van der Waals surface area contributed by atoms with Gasteiger partial charge >= 0.3 is 11.7 Å². The highest BCUT2D eigenvalue weighted by atomic mass is 16.6. The van der Waals surface area contributed by atoms with Crippen LogP contribution in [0.25, 0.3) is 0 Å². The maximum absolute atomic E-state index is 10.9. The molecule has 1 heterocycles. The number of nitrogens with one attached hydrogen (secondary N) is 1. The third-order valence-electron chi connectivity index (χ3n) is 2.87. The Morgan fingerprint density at radius 3 is 2.52 bits per heavy atom. The number of benzene rings is 1. The van der Waals surface area contributed by atoms with Gasteiger partial charge in [-0.05, 0) is 18.6 Å². The summed E-state index contributed by atoms with van der Waals surface area (Å²) in [7, 11) is 0. The van der Waals surface area contributed by atoms with Crippen molar-refractivity contribution in [1.29, 1.82) is 0 Å². The minimum absolute atomic E-state index is 0.0551. The lowest BCUT2D eigenvalue weighted by Crippen LogP contribution is -2.08. The first-order valence-corrected chi connectivity index (χ1v) is 6.15. The summed E-state index contributed by atoms with van der Waals surface area (Å²) in [6.07, 6.45) is 0. The summed E-state index contributed by atoms with van der Waals surface area (Å²) in [5, 5.41) is 22.6. The fourth-order valence-electron chi connectivity index (χ4n) is 1.74. The average molecular weight is 287 g/mol. The molecule has 2 rings (SSSR count). The molecule has 21 heavy (non-hydrogen) atoms. The van der Waals surface area contributed by atoms with E-state index in [1.807, 2.05) is 31.2 Å². The van der Waals surface area contributed by atoms with Crippen LogP contribution in [0.15, 0.2) is 36.4 Å². The standard InChI is InChI=1S/C14H13N3O4/c1-9-2-4-10(5-3-9)8-15-13-12(17(20)21)7-6-11(16-13)14(18)19/h2-7H,8H2,1H3,(H,15,16)(H,18,19). The quantitative estimate of drug-likeness (QED) is 0.646. The van der Waals surface area contributed by atoms with Gasteiger partial charge in [-0.15, -0.1) is 0 Å². The molecule has 0 amide bonds. The Kier molecular flexibility index (Phi) is 4.13. The maximum atomic E-state index is 10.9. The predicted octanol–water partition coefficient (Wildman–Crippen LogP) is 2.61. The van der Waals surface area contributed by atoms with Crippen LogP contribution in [0.2, 0.25) is 0 Å². The zero-order valence-electron chi connectivity index (χ0n) is 11.2. The van der Waals surface area contributed by atoms with Gasteiger partial charge in [-0.1, -0.05) is 29.8 Å². The molecule has 0 aliphatic carbocycles. The van der Waals surface area contributed by atoms with Crippen molar-refractivity contribution in [2.75, 3.05) is 5.32 Å². The van der Waals surface area contributed by atoms with E-state index in [-0.39, 0.29) is 17.2 Å². The number of carboxylic acids is 1. The number of aromatic carboxylic acids is 1. The van der Waals surface area contributed by atoms with E-state index in [2.05, 4.69) is 10.3 Å². The monoisotopic (exact) mass is 287 g/mol. The van der Waals surface area contributed by atoms with Gasteiger partial charge in [0.1, 0.15) is 0 Å². The van der Waals surface area contributed by atoms with E-state index in [9.17, 15) is 14.9 Å². The van der Waals surface area contributed by atoms with Gasteiger partial charge in [-0.25, -0.2) is 9.78 Å². The van der Waals surface area contributed by atoms with E-state index < -0.39 is 10.9 Å². The van der Waals surface area contributed by atoms with E-state index >= 15 is 0 Å². The Bertz CT molecular complexity index is 683. The third-order valence-corrected chi connectivity index (χ3v) is 2.87. The summed E-state index contributed by atoms with van der Waals surface area (Å²) in [5.41, 5.74) is 1.52. The SMILES string of the molecule is Cc1ccc(CNc2nc(C(=O)O)ccc2[N+](=O)[O-])cc1. The average Bonchev–Trinajstić information content (AvgIpc) is 2.46. The van der Waals surface area contributed by atoms with Crippen LogP contribution in [0.3, 0.4) is 0 Å². The lowest BCUT2D eigenvalue weighted by Gasteiger charge is -2.07. The van der Waals surface area contributed by atoms with Crippen LogP contribution < -0.4 is 5.32 Å². The van der Waals surface area contributed by atoms with Gasteiger partial charge in [0.15, 0.2) is 5.69 Å². The fraction of sp³-hybridized carbons (Fsp3) is 0.143. The molecule has 7 nitrogen and oxygen atoms in total. The molecule has 0 aliphatic rings. The molecule has 0 atom stereocenters. The first kappa shape index (κ1) is 14.4. The van der Waals surface area contributed by atoms with Crippen molar-refractivity contribution < 1.29 is 14.8 Å². The van der Waals surface area contributed by atoms with Gasteiger partial charge in [0.05, 0.1) is 4.92 Å². The Labute approximate surface area is 120 Å². The molecule has 108 valence electrons. The van der Waals surface area contributed by atoms with E-state index in [0.29, 0.717) is 6.54 Å². The van der Waals surface area contributed by atoms with Crippen LogP contribution >= 0.6 is 0 Å². The minimum atomic E-state index is -1.23. The van der Waals surface area contributed by atoms with Crippen LogP contribution in [0.1, 0.15) is 21.6 Å². The van der Waals surface area contributed by atoms with E-state index in [4.69, 9.17) is 5.11 Å². The van der Waals surface area contributed by atoms with Crippen LogP contribution in [0, 0.1) is 17.0 Å². The fourth-order valence-corrected chi connectivity index (χ4v) is 1.74. The molecule has 0 aliphatic heterocycles. The van der Waals surface area contributed by atoms with Crippen molar-refractivity contribution in [3.05, 3.63) is 63.3 Å². The molecule has 1 aromatic heterocycles. The Morgan fingerprint density at radius 2 is 1.95 bits per heavy atom. The Hall–Kier alpha value is -2.96. The van der Waals surface area contributed by atoms with Gasteiger partial charge in [0.25, 0.3) is 0 Å². The number of hydrogen-bond acceptors (Lipinski definition) is 5. The molecule has 2 aromatic rings. The molecule has 0 radical (unpaired) electrons. The molecule has 0 spiro atoms. The summed E-state index contributed by atoms with van der Waals surface area (Å²) >= 11 is 0. The Morgan fingerprint density at radius 1 is 1.29 bits per heavy atom. The molecule has 0 bridgehead atoms. The summed E-state index contributed by atoms with van der Waals surface area (Å²) in [5.74, 6) is -1.29. The molecule has 0 unspecified atom stereocenters. The van der Waals surface area contributed by atoms with Gasteiger partial charge in [0, 0.05) is 12.6 Å². The lowest BCUT2D eigenvalue weighted by atomic mass is 10.1. The number of rotatable bonds is 5. The number of anilines is 1. The highest BCUT2D eigenvalue weighted by Gasteiger charge is 2.18. The number of carboxylic acid groups (broad SMARTS) is 1. The number of aromatic nitrogens is 1. The van der Waals surface area contributed by atoms with Crippen molar-refractivity contribution in [1.82, 2.24) is 4.98 Å². The molecular formula is C14H13N3O4. The number of nitro groups is 1. The normalized spacial score (nSPS) is 10.1. The summed E-state index contributed by atoms with van der Waals surface area (Å²) in [6.45, 7) is 2.27. The largest absolute Gasteiger partial charge is 0.477 e. The second-order valence-corrected chi connectivity index (χ2v) is 4.47. The topological polar surface area (TPSA) is 105 Å². The molecule has 0 fully saturated rings. The van der Waals surface area contributed by atoms with Gasteiger partial charge in [-0.3, -0.25) is 10.1 Å². The van der Waals surface area contributed by atoms with Crippen LogP contribution in [0.5, 0.6) is 0 Å². The highest BCUT2D eigenvalue weighted by Crippen LogP contribution is 2.22. The van der Waals surface area contributed by atoms with Crippen molar-refractivity contribution in [3.63, 3.8) is 0 Å². The molecule has 1 aromatic carbocycles. The maximum Gasteiger partial charge on any atom is 0.354 e. The number of aryl methyl sites for hydroxylation is 1. The first-order chi connectivity index (χ1) is 9.97. The van der Waals surface area contributed by atoms with Crippen LogP contribution in [0.4, 0.5) is 11.5 Å². The van der Waals surface area contributed by atoms with Crippen LogP contribution in [-0.2, 0) is 6.54 Å². The smallest absolute Gasteiger partial charge is 0.354 e. The lowest BCUT2D eigenvalue weighted by molar-refractivity contribution is -0.384. The second kappa shape index (κ2) is 6.00. The molecule has 0 saturated carbocycles. The van der Waals surface area contributed by atoms with Gasteiger partial charge in [-0.2, -0.15) is 0 Å². The van der Waals surface area contributed by atoms with Crippen molar-refractivity contribution >= 4 is 17.5 Å². The summed E-state index contributed by atoms with van der Waals surface area (Å²) in [6, 6.07) is 9.86. The molecule has 2 N–H and O–H groups in total. The zero-order chi connectivity index (χ0) is 15.4. The number of hydrogen-bond donors (Lipinski definition) is 2. The predicted molar refractivity (Wildman–Crippen MR) is 76.4 cm³/mol. The minimum Gasteiger partial charge on any atom is -0.477 e. The molecule has 7 heteroatoms.